The first-order valence-corrected chi connectivity index (χ1v) is 7.76. The monoisotopic (exact) mass is 343 g/mol. The number of methoxy groups -OCH3 is 1. The molecule has 2 rings (SSSR count). The summed E-state index contributed by atoms with van der Waals surface area (Å²) < 4.78 is 5.12. The summed E-state index contributed by atoms with van der Waals surface area (Å²) in [6, 6.07) is 12.1. The molecule has 7 nitrogen and oxygen atoms in total. The summed E-state index contributed by atoms with van der Waals surface area (Å²) in [6.45, 7) is 2.87. The molecule has 0 radical (unpaired) electrons. The molecule has 0 saturated carbocycles. The number of rotatable bonds is 7. The Kier molecular flexibility index (Phi) is 6.08. The van der Waals surface area contributed by atoms with Crippen molar-refractivity contribution in [2.24, 2.45) is 0 Å². The summed E-state index contributed by atoms with van der Waals surface area (Å²) in [5, 5.41) is 13.5. The fraction of sp³-hybridized carbons (Fsp3) is 0.278. The van der Waals surface area contributed by atoms with Crippen molar-refractivity contribution >= 4 is 17.3 Å². The molecule has 0 aliphatic carbocycles. The SMILES string of the molecule is COc1cc([N+](=O)[O-])ccc1NC(=O)CN(C)Cc1ccccc1C. The topological polar surface area (TPSA) is 84.7 Å². The van der Waals surface area contributed by atoms with Gasteiger partial charge in [-0.15, -0.1) is 0 Å². The summed E-state index contributed by atoms with van der Waals surface area (Å²) >= 11 is 0. The predicted molar refractivity (Wildman–Crippen MR) is 95.8 cm³/mol. The Hall–Kier alpha value is -2.93. The number of anilines is 1. The van der Waals surface area contributed by atoms with E-state index in [0.29, 0.717) is 12.2 Å². The Labute approximate surface area is 146 Å². The van der Waals surface area contributed by atoms with Crippen LogP contribution in [-0.2, 0) is 11.3 Å². The minimum Gasteiger partial charge on any atom is -0.494 e. The predicted octanol–water partition coefficient (Wildman–Crippen LogP) is 2.98. The number of nitrogens with zero attached hydrogens (tertiary/aromatic N) is 2. The molecule has 0 bridgehead atoms. The Morgan fingerprint density at radius 1 is 1.28 bits per heavy atom. The summed E-state index contributed by atoms with van der Waals surface area (Å²) in [4.78, 5) is 24.4. The van der Waals surface area contributed by atoms with Crippen molar-refractivity contribution < 1.29 is 14.5 Å². The molecule has 7 heteroatoms. The number of likely N-dealkylation sites (N-methyl/N-ethyl adjacent to an activating group) is 1. The fourth-order valence-electron chi connectivity index (χ4n) is 2.47. The number of ether oxygens (including phenoxy) is 1. The van der Waals surface area contributed by atoms with Gasteiger partial charge in [-0.25, -0.2) is 0 Å². The lowest BCUT2D eigenvalue weighted by Gasteiger charge is -2.18. The van der Waals surface area contributed by atoms with Gasteiger partial charge in [0.05, 0.1) is 30.3 Å². The van der Waals surface area contributed by atoms with Crippen LogP contribution in [0, 0.1) is 17.0 Å². The number of amides is 1. The number of carbonyl (C=O) groups is 1. The maximum atomic E-state index is 12.2. The summed E-state index contributed by atoms with van der Waals surface area (Å²) in [5.74, 6) is 0.0346. The van der Waals surface area contributed by atoms with E-state index < -0.39 is 4.92 Å². The van der Waals surface area contributed by atoms with Crippen LogP contribution in [0.3, 0.4) is 0 Å². The highest BCUT2D eigenvalue weighted by Gasteiger charge is 2.14. The summed E-state index contributed by atoms with van der Waals surface area (Å²) in [6.07, 6.45) is 0. The van der Waals surface area contributed by atoms with Gasteiger partial charge in [-0.05, 0) is 31.2 Å². The second kappa shape index (κ2) is 8.25. The highest BCUT2D eigenvalue weighted by atomic mass is 16.6. The molecule has 0 heterocycles. The molecule has 1 N–H and O–H groups in total. The molecule has 0 aliphatic heterocycles. The van der Waals surface area contributed by atoms with Crippen LogP contribution in [0.1, 0.15) is 11.1 Å². The van der Waals surface area contributed by atoms with Crippen LogP contribution in [0.15, 0.2) is 42.5 Å². The van der Waals surface area contributed by atoms with E-state index >= 15 is 0 Å². The van der Waals surface area contributed by atoms with Gasteiger partial charge in [0.25, 0.3) is 5.69 Å². The molecule has 0 spiro atoms. The van der Waals surface area contributed by atoms with Crippen molar-refractivity contribution in [3.8, 4) is 5.75 Å². The summed E-state index contributed by atoms with van der Waals surface area (Å²) in [5.41, 5.74) is 2.64. The second-order valence-corrected chi connectivity index (χ2v) is 5.79. The zero-order chi connectivity index (χ0) is 18.4. The van der Waals surface area contributed by atoms with Crippen LogP contribution in [0.2, 0.25) is 0 Å². The quantitative estimate of drug-likeness (QED) is 0.617. The van der Waals surface area contributed by atoms with E-state index in [1.807, 2.05) is 43.1 Å². The van der Waals surface area contributed by atoms with Gasteiger partial charge in [-0.3, -0.25) is 19.8 Å². The molecule has 2 aromatic carbocycles. The van der Waals surface area contributed by atoms with Gasteiger partial charge in [0.1, 0.15) is 5.75 Å². The Morgan fingerprint density at radius 2 is 2.00 bits per heavy atom. The van der Waals surface area contributed by atoms with Crippen LogP contribution in [0.5, 0.6) is 5.75 Å². The Morgan fingerprint density at radius 3 is 2.64 bits per heavy atom. The van der Waals surface area contributed by atoms with Crippen molar-refractivity contribution in [2.45, 2.75) is 13.5 Å². The second-order valence-electron chi connectivity index (χ2n) is 5.79. The first-order chi connectivity index (χ1) is 11.9. The van der Waals surface area contributed by atoms with Crippen molar-refractivity contribution in [2.75, 3.05) is 26.0 Å². The lowest BCUT2D eigenvalue weighted by molar-refractivity contribution is -0.384. The maximum Gasteiger partial charge on any atom is 0.273 e. The van der Waals surface area contributed by atoms with E-state index in [9.17, 15) is 14.9 Å². The average Bonchev–Trinajstić information content (AvgIpc) is 2.56. The maximum absolute atomic E-state index is 12.2. The van der Waals surface area contributed by atoms with E-state index in [4.69, 9.17) is 4.74 Å². The lowest BCUT2D eigenvalue weighted by Crippen LogP contribution is -2.30. The zero-order valence-corrected chi connectivity index (χ0v) is 14.5. The number of nitro benzene ring substituents is 1. The molecule has 0 unspecified atom stereocenters. The van der Waals surface area contributed by atoms with Crippen molar-refractivity contribution in [3.05, 3.63) is 63.7 Å². The molecular weight excluding hydrogens is 322 g/mol. The minimum absolute atomic E-state index is 0.0912. The number of hydrogen-bond acceptors (Lipinski definition) is 5. The minimum atomic E-state index is -0.510. The number of benzene rings is 2. The molecule has 0 atom stereocenters. The Balaban J connectivity index is 2.00. The number of carbonyl (C=O) groups excluding carboxylic acids is 1. The fourth-order valence-corrected chi connectivity index (χ4v) is 2.47. The largest absolute Gasteiger partial charge is 0.494 e. The number of non-ortho nitro benzene ring substituents is 1. The molecule has 0 aliphatic rings. The zero-order valence-electron chi connectivity index (χ0n) is 14.5. The normalized spacial score (nSPS) is 10.6. The van der Waals surface area contributed by atoms with Gasteiger partial charge in [-0.1, -0.05) is 24.3 Å². The third-order valence-corrected chi connectivity index (χ3v) is 3.79. The third kappa shape index (κ3) is 5.02. The Bertz CT molecular complexity index is 777. The number of nitro groups is 1. The average molecular weight is 343 g/mol. The van der Waals surface area contributed by atoms with Crippen LogP contribution in [0.4, 0.5) is 11.4 Å². The first-order valence-electron chi connectivity index (χ1n) is 7.76. The van der Waals surface area contributed by atoms with Crippen molar-refractivity contribution in [1.29, 1.82) is 0 Å². The molecule has 0 fully saturated rings. The van der Waals surface area contributed by atoms with Gasteiger partial charge in [0.15, 0.2) is 0 Å². The third-order valence-electron chi connectivity index (χ3n) is 3.79. The molecule has 132 valence electrons. The highest BCUT2D eigenvalue weighted by Crippen LogP contribution is 2.28. The highest BCUT2D eigenvalue weighted by molar-refractivity contribution is 5.93. The van der Waals surface area contributed by atoms with Crippen LogP contribution in [0.25, 0.3) is 0 Å². The molecule has 1 amide bonds. The van der Waals surface area contributed by atoms with Crippen molar-refractivity contribution in [1.82, 2.24) is 4.90 Å². The molecule has 25 heavy (non-hydrogen) atoms. The molecule has 0 saturated heterocycles. The van der Waals surface area contributed by atoms with Gasteiger partial charge in [0, 0.05) is 12.6 Å². The van der Waals surface area contributed by atoms with Gasteiger partial charge >= 0.3 is 0 Å². The number of nitrogens with one attached hydrogen (secondary N) is 1. The van der Waals surface area contributed by atoms with E-state index in [0.717, 1.165) is 5.56 Å². The van der Waals surface area contributed by atoms with Crippen LogP contribution in [-0.4, -0.2) is 36.4 Å². The smallest absolute Gasteiger partial charge is 0.273 e. The number of aryl methyl sites for hydroxylation is 1. The lowest BCUT2D eigenvalue weighted by atomic mass is 10.1. The molecule has 2 aromatic rings. The first kappa shape index (κ1) is 18.4. The van der Waals surface area contributed by atoms with E-state index in [2.05, 4.69) is 5.32 Å². The van der Waals surface area contributed by atoms with Gasteiger partial charge < -0.3 is 10.1 Å². The molecule has 0 aromatic heterocycles. The van der Waals surface area contributed by atoms with Crippen LogP contribution < -0.4 is 10.1 Å². The number of hydrogen-bond donors (Lipinski definition) is 1. The standard InChI is InChI=1S/C18H21N3O4/c1-13-6-4-5-7-14(13)11-20(2)12-18(22)19-16-9-8-15(21(23)24)10-17(16)25-3/h4-10H,11-12H2,1-3H3,(H,19,22). The van der Waals surface area contributed by atoms with Crippen molar-refractivity contribution in [3.63, 3.8) is 0 Å². The van der Waals surface area contributed by atoms with E-state index in [-0.39, 0.29) is 23.9 Å². The van der Waals surface area contributed by atoms with Gasteiger partial charge in [-0.2, -0.15) is 0 Å². The van der Waals surface area contributed by atoms with Gasteiger partial charge in [0.2, 0.25) is 5.91 Å². The summed E-state index contributed by atoms with van der Waals surface area (Å²) in [7, 11) is 3.26. The van der Waals surface area contributed by atoms with Crippen LogP contribution >= 0.6 is 0 Å². The van der Waals surface area contributed by atoms with E-state index in [1.54, 1.807) is 0 Å². The molecular formula is C18H21N3O4. The van der Waals surface area contributed by atoms with E-state index in [1.165, 1.54) is 30.9 Å².